The average molecular weight is 287 g/mol. The summed E-state index contributed by atoms with van der Waals surface area (Å²) in [6, 6.07) is 7.35. The third-order valence-electron chi connectivity index (χ3n) is 5.21. The fourth-order valence-corrected chi connectivity index (χ4v) is 3.72. The topological polar surface area (TPSA) is 12.0 Å². The molecule has 1 atom stereocenters. The summed E-state index contributed by atoms with van der Waals surface area (Å²) in [6.45, 7) is 7.92. The molecule has 0 aromatic heterocycles. The molecular formula is C20H33N. The van der Waals surface area contributed by atoms with Crippen LogP contribution < -0.4 is 5.32 Å². The third kappa shape index (κ3) is 4.85. The van der Waals surface area contributed by atoms with Gasteiger partial charge in [0.05, 0.1) is 0 Å². The molecule has 21 heavy (non-hydrogen) atoms. The van der Waals surface area contributed by atoms with Crippen molar-refractivity contribution in [3.63, 3.8) is 0 Å². The molecule has 0 heterocycles. The molecule has 1 fully saturated rings. The minimum atomic E-state index is 0.549. The number of nitrogens with one attached hydrogen (secondary N) is 1. The molecule has 0 spiro atoms. The lowest BCUT2D eigenvalue weighted by Crippen LogP contribution is -2.25. The van der Waals surface area contributed by atoms with E-state index in [-0.39, 0.29) is 0 Å². The van der Waals surface area contributed by atoms with Gasteiger partial charge in [-0.05, 0) is 55.8 Å². The first-order valence-electron chi connectivity index (χ1n) is 9.02. The van der Waals surface area contributed by atoms with Gasteiger partial charge in [0, 0.05) is 6.04 Å². The van der Waals surface area contributed by atoms with E-state index in [1.165, 1.54) is 68.1 Å². The van der Waals surface area contributed by atoms with E-state index < -0.39 is 0 Å². The molecule has 1 aliphatic carbocycles. The first-order valence-corrected chi connectivity index (χ1v) is 9.02. The lowest BCUT2D eigenvalue weighted by Gasteiger charge is -2.26. The highest BCUT2D eigenvalue weighted by Gasteiger charge is 2.20. The minimum absolute atomic E-state index is 0.549. The highest BCUT2D eigenvalue weighted by molar-refractivity contribution is 5.35. The molecule has 1 aliphatic rings. The largest absolute Gasteiger partial charge is 0.310 e. The number of benzene rings is 1. The van der Waals surface area contributed by atoms with Gasteiger partial charge >= 0.3 is 0 Å². The molecule has 1 unspecified atom stereocenters. The predicted molar refractivity (Wildman–Crippen MR) is 92.8 cm³/mol. The molecule has 1 aromatic carbocycles. The molecule has 1 nitrogen and oxygen atoms in total. The number of rotatable bonds is 6. The Hall–Kier alpha value is -0.820. The molecule has 0 amide bonds. The summed E-state index contributed by atoms with van der Waals surface area (Å²) in [6.07, 6.45) is 11.2. The number of aryl methyl sites for hydroxylation is 1. The molecule has 118 valence electrons. The van der Waals surface area contributed by atoms with Crippen LogP contribution in [0.2, 0.25) is 0 Å². The lowest BCUT2D eigenvalue weighted by molar-refractivity contribution is 0.355. The zero-order valence-electron chi connectivity index (χ0n) is 14.3. The summed E-state index contributed by atoms with van der Waals surface area (Å²) in [5, 5.41) is 3.82. The summed E-state index contributed by atoms with van der Waals surface area (Å²) in [4.78, 5) is 0. The molecule has 1 aromatic rings. The van der Waals surface area contributed by atoms with Crippen molar-refractivity contribution in [2.24, 2.45) is 5.92 Å². The van der Waals surface area contributed by atoms with Crippen molar-refractivity contribution in [3.05, 3.63) is 34.9 Å². The van der Waals surface area contributed by atoms with Crippen LogP contribution >= 0.6 is 0 Å². The molecule has 0 saturated heterocycles. The van der Waals surface area contributed by atoms with Gasteiger partial charge in [0.15, 0.2) is 0 Å². The summed E-state index contributed by atoms with van der Waals surface area (Å²) >= 11 is 0. The fourth-order valence-electron chi connectivity index (χ4n) is 3.72. The summed E-state index contributed by atoms with van der Waals surface area (Å²) in [5.41, 5.74) is 4.45. The molecule has 0 bridgehead atoms. The van der Waals surface area contributed by atoms with Crippen molar-refractivity contribution < 1.29 is 0 Å². The second kappa shape index (κ2) is 8.58. The predicted octanol–water partition coefficient (Wildman–Crippen LogP) is 5.70. The highest BCUT2D eigenvalue weighted by atomic mass is 14.9. The van der Waals surface area contributed by atoms with Gasteiger partial charge in [-0.1, -0.05) is 63.6 Å². The molecule has 0 radical (unpaired) electrons. The van der Waals surface area contributed by atoms with E-state index in [1.807, 2.05) is 0 Å². The Morgan fingerprint density at radius 2 is 1.81 bits per heavy atom. The van der Waals surface area contributed by atoms with Crippen LogP contribution in [0.4, 0.5) is 0 Å². The molecule has 1 heteroatoms. The second-order valence-corrected chi connectivity index (χ2v) is 6.89. The van der Waals surface area contributed by atoms with E-state index in [1.54, 1.807) is 0 Å². The number of hydrogen-bond donors (Lipinski definition) is 1. The monoisotopic (exact) mass is 287 g/mol. The van der Waals surface area contributed by atoms with Crippen LogP contribution in [-0.4, -0.2) is 6.54 Å². The molecule has 1 N–H and O–H groups in total. The summed E-state index contributed by atoms with van der Waals surface area (Å²) in [7, 11) is 0. The zero-order valence-corrected chi connectivity index (χ0v) is 14.3. The Balaban J connectivity index is 2.11. The van der Waals surface area contributed by atoms with Crippen molar-refractivity contribution in [2.75, 3.05) is 6.54 Å². The van der Waals surface area contributed by atoms with Gasteiger partial charge in [0.1, 0.15) is 0 Å². The summed E-state index contributed by atoms with van der Waals surface area (Å²) < 4.78 is 0. The van der Waals surface area contributed by atoms with E-state index >= 15 is 0 Å². The van der Waals surface area contributed by atoms with E-state index in [9.17, 15) is 0 Å². The fraction of sp³-hybridized carbons (Fsp3) is 0.700. The van der Waals surface area contributed by atoms with Crippen molar-refractivity contribution in [2.45, 2.75) is 78.2 Å². The van der Waals surface area contributed by atoms with Gasteiger partial charge in [-0.3, -0.25) is 0 Å². The van der Waals surface area contributed by atoms with Crippen LogP contribution in [0.5, 0.6) is 0 Å². The maximum atomic E-state index is 3.82. The standard InChI is InChI=1S/C20H33N/c1-4-14-21-20(15-18-11-7-5-6-8-12-18)19-13-9-10-16(2)17(19)3/h9-10,13,18,20-21H,4-8,11-12,14-15H2,1-3H3. The smallest absolute Gasteiger partial charge is 0.0325 e. The maximum absolute atomic E-state index is 3.82. The molecule has 2 rings (SSSR count). The van der Waals surface area contributed by atoms with Crippen LogP contribution in [0.25, 0.3) is 0 Å². The Morgan fingerprint density at radius 3 is 2.48 bits per heavy atom. The van der Waals surface area contributed by atoms with Gasteiger partial charge in [-0.2, -0.15) is 0 Å². The lowest BCUT2D eigenvalue weighted by atomic mass is 9.87. The molecule has 1 saturated carbocycles. The van der Waals surface area contributed by atoms with Crippen LogP contribution in [0.15, 0.2) is 18.2 Å². The van der Waals surface area contributed by atoms with Crippen LogP contribution in [-0.2, 0) is 0 Å². The Kier molecular flexibility index (Phi) is 6.76. The molecular weight excluding hydrogens is 254 g/mol. The van der Waals surface area contributed by atoms with Crippen molar-refractivity contribution in [3.8, 4) is 0 Å². The Bertz CT molecular complexity index is 416. The van der Waals surface area contributed by atoms with Gasteiger partial charge in [0.25, 0.3) is 0 Å². The van der Waals surface area contributed by atoms with Gasteiger partial charge in [-0.25, -0.2) is 0 Å². The number of hydrogen-bond acceptors (Lipinski definition) is 1. The SMILES string of the molecule is CCCNC(CC1CCCCCC1)c1cccc(C)c1C. The van der Waals surface area contributed by atoms with Crippen LogP contribution in [0.1, 0.15) is 81.0 Å². The van der Waals surface area contributed by atoms with Crippen LogP contribution in [0.3, 0.4) is 0 Å². The van der Waals surface area contributed by atoms with Crippen molar-refractivity contribution in [1.29, 1.82) is 0 Å². The van der Waals surface area contributed by atoms with Gasteiger partial charge in [0.2, 0.25) is 0 Å². The first kappa shape index (κ1) is 16.5. The van der Waals surface area contributed by atoms with E-state index in [0.29, 0.717) is 6.04 Å². The van der Waals surface area contributed by atoms with E-state index in [4.69, 9.17) is 0 Å². The van der Waals surface area contributed by atoms with Gasteiger partial charge < -0.3 is 5.32 Å². The highest BCUT2D eigenvalue weighted by Crippen LogP contribution is 2.32. The maximum Gasteiger partial charge on any atom is 0.0325 e. The normalized spacial score (nSPS) is 18.4. The van der Waals surface area contributed by atoms with Crippen molar-refractivity contribution in [1.82, 2.24) is 5.32 Å². The van der Waals surface area contributed by atoms with E-state index in [0.717, 1.165) is 12.5 Å². The van der Waals surface area contributed by atoms with Crippen molar-refractivity contribution >= 4 is 0 Å². The quantitative estimate of drug-likeness (QED) is 0.661. The summed E-state index contributed by atoms with van der Waals surface area (Å²) in [5.74, 6) is 0.918. The Labute approximate surface area is 131 Å². The molecule has 0 aliphatic heterocycles. The third-order valence-corrected chi connectivity index (χ3v) is 5.21. The average Bonchev–Trinajstić information content (AvgIpc) is 2.75. The second-order valence-electron chi connectivity index (χ2n) is 6.89. The minimum Gasteiger partial charge on any atom is -0.310 e. The Morgan fingerprint density at radius 1 is 1.10 bits per heavy atom. The van der Waals surface area contributed by atoms with E-state index in [2.05, 4.69) is 44.3 Å². The van der Waals surface area contributed by atoms with Crippen LogP contribution in [0, 0.1) is 19.8 Å². The zero-order chi connectivity index (χ0) is 15.1. The van der Waals surface area contributed by atoms with Gasteiger partial charge in [-0.15, -0.1) is 0 Å². The first-order chi connectivity index (χ1) is 10.2.